The van der Waals surface area contributed by atoms with E-state index in [0.717, 1.165) is 5.52 Å². The van der Waals surface area contributed by atoms with Gasteiger partial charge in [-0.3, -0.25) is 0 Å². The van der Waals surface area contributed by atoms with Gasteiger partial charge in [-0.1, -0.05) is 11.6 Å². The number of aromatic nitrogens is 2. The Morgan fingerprint density at radius 2 is 2.33 bits per heavy atom. The Balaban J connectivity index is 2.78. The third-order valence-corrected chi connectivity index (χ3v) is 2.08. The minimum absolute atomic E-state index is 0.595. The molecule has 0 unspecified atom stereocenters. The summed E-state index contributed by atoms with van der Waals surface area (Å²) in [6.45, 7) is 0. The second kappa shape index (κ2) is 2.68. The molecular formula is C8H7ClN2O. The lowest BCUT2D eigenvalue weighted by Gasteiger charge is -2.02. The molecule has 4 heteroatoms. The van der Waals surface area contributed by atoms with Crippen molar-refractivity contribution in [3.63, 3.8) is 0 Å². The highest BCUT2D eigenvalue weighted by molar-refractivity contribution is 6.35. The van der Waals surface area contributed by atoms with Crippen molar-refractivity contribution in [1.82, 2.24) is 9.61 Å². The number of hydrogen-bond acceptors (Lipinski definition) is 2. The average Bonchev–Trinajstić information content (AvgIpc) is 2.53. The maximum Gasteiger partial charge on any atom is 0.141 e. The molecule has 0 bridgehead atoms. The summed E-state index contributed by atoms with van der Waals surface area (Å²) in [4.78, 5) is 0. The fourth-order valence-corrected chi connectivity index (χ4v) is 1.39. The van der Waals surface area contributed by atoms with Crippen molar-refractivity contribution in [2.45, 2.75) is 0 Å². The third kappa shape index (κ3) is 0.940. The molecule has 0 fully saturated rings. The number of rotatable bonds is 1. The first-order valence-corrected chi connectivity index (χ1v) is 3.86. The summed E-state index contributed by atoms with van der Waals surface area (Å²) in [5.74, 6) is 0.671. The van der Waals surface area contributed by atoms with Gasteiger partial charge in [-0.05, 0) is 6.07 Å². The van der Waals surface area contributed by atoms with Gasteiger partial charge in [0.2, 0.25) is 0 Å². The molecule has 0 saturated carbocycles. The van der Waals surface area contributed by atoms with Crippen LogP contribution < -0.4 is 4.74 Å². The number of fused-ring (bicyclic) bond motifs is 1. The molecule has 2 aromatic rings. The highest BCUT2D eigenvalue weighted by Crippen LogP contribution is 2.27. The summed E-state index contributed by atoms with van der Waals surface area (Å²) in [5, 5.41) is 4.63. The van der Waals surface area contributed by atoms with E-state index in [-0.39, 0.29) is 0 Å². The molecule has 2 aromatic heterocycles. The Hall–Kier alpha value is -1.22. The van der Waals surface area contributed by atoms with Crippen LogP contribution >= 0.6 is 11.6 Å². The highest BCUT2D eigenvalue weighted by Gasteiger charge is 2.04. The largest absolute Gasteiger partial charge is 0.495 e. The van der Waals surface area contributed by atoms with E-state index in [2.05, 4.69) is 5.10 Å². The molecule has 0 aliphatic carbocycles. The summed E-state index contributed by atoms with van der Waals surface area (Å²) >= 11 is 6.00. The van der Waals surface area contributed by atoms with Crippen molar-refractivity contribution >= 4 is 17.1 Å². The number of nitrogens with zero attached hydrogens (tertiary/aromatic N) is 2. The standard InChI is InChI=1S/C8H7ClN2O/c1-12-7-3-5-11-6(8(7)9)2-4-10-11/h2-5H,1H3. The molecular weight excluding hydrogens is 176 g/mol. The van der Waals surface area contributed by atoms with Gasteiger partial charge >= 0.3 is 0 Å². The minimum atomic E-state index is 0.595. The molecule has 62 valence electrons. The van der Waals surface area contributed by atoms with E-state index in [1.807, 2.05) is 6.07 Å². The van der Waals surface area contributed by atoms with E-state index in [1.165, 1.54) is 0 Å². The van der Waals surface area contributed by atoms with Crippen LogP contribution in [0.1, 0.15) is 0 Å². The lowest BCUT2D eigenvalue weighted by Crippen LogP contribution is -1.90. The Kier molecular flexibility index (Phi) is 1.66. The molecule has 2 heterocycles. The summed E-state index contributed by atoms with van der Waals surface area (Å²) in [5.41, 5.74) is 0.857. The fraction of sp³-hybridized carbons (Fsp3) is 0.125. The van der Waals surface area contributed by atoms with Crippen LogP contribution in [-0.2, 0) is 0 Å². The maximum atomic E-state index is 6.00. The predicted molar refractivity (Wildman–Crippen MR) is 46.8 cm³/mol. The van der Waals surface area contributed by atoms with E-state index in [1.54, 1.807) is 30.1 Å². The summed E-state index contributed by atoms with van der Waals surface area (Å²) in [7, 11) is 1.59. The second-order valence-electron chi connectivity index (χ2n) is 2.36. The smallest absolute Gasteiger partial charge is 0.141 e. The topological polar surface area (TPSA) is 26.5 Å². The van der Waals surface area contributed by atoms with Gasteiger partial charge in [0.25, 0.3) is 0 Å². The van der Waals surface area contributed by atoms with Gasteiger partial charge in [0.05, 0.1) is 18.8 Å². The van der Waals surface area contributed by atoms with Crippen molar-refractivity contribution in [2.75, 3.05) is 7.11 Å². The van der Waals surface area contributed by atoms with Gasteiger partial charge in [0.1, 0.15) is 10.8 Å². The molecule has 0 N–H and O–H groups in total. The first-order valence-electron chi connectivity index (χ1n) is 3.49. The molecule has 3 nitrogen and oxygen atoms in total. The molecule has 0 spiro atoms. The summed E-state index contributed by atoms with van der Waals surface area (Å²) < 4.78 is 6.75. The SMILES string of the molecule is COc1ccn2nccc2c1Cl. The van der Waals surface area contributed by atoms with Crippen molar-refractivity contribution in [2.24, 2.45) is 0 Å². The van der Waals surface area contributed by atoms with Gasteiger partial charge in [0.15, 0.2) is 0 Å². The lowest BCUT2D eigenvalue weighted by molar-refractivity contribution is 0.414. The number of ether oxygens (including phenoxy) is 1. The lowest BCUT2D eigenvalue weighted by atomic mass is 10.4. The zero-order chi connectivity index (χ0) is 8.55. The highest BCUT2D eigenvalue weighted by atomic mass is 35.5. The van der Waals surface area contributed by atoms with Crippen LogP contribution in [0.2, 0.25) is 5.02 Å². The van der Waals surface area contributed by atoms with Gasteiger partial charge in [-0.15, -0.1) is 0 Å². The van der Waals surface area contributed by atoms with Crippen molar-refractivity contribution in [3.05, 3.63) is 29.5 Å². The molecule has 0 aliphatic heterocycles. The zero-order valence-electron chi connectivity index (χ0n) is 6.49. The first kappa shape index (κ1) is 7.43. The van der Waals surface area contributed by atoms with E-state index >= 15 is 0 Å². The van der Waals surface area contributed by atoms with E-state index in [4.69, 9.17) is 16.3 Å². The van der Waals surface area contributed by atoms with E-state index < -0.39 is 0 Å². The van der Waals surface area contributed by atoms with Crippen molar-refractivity contribution in [1.29, 1.82) is 0 Å². The normalized spacial score (nSPS) is 10.5. The maximum absolute atomic E-state index is 6.00. The second-order valence-corrected chi connectivity index (χ2v) is 2.74. The monoisotopic (exact) mass is 182 g/mol. The third-order valence-electron chi connectivity index (χ3n) is 1.70. The quantitative estimate of drug-likeness (QED) is 0.675. The Labute approximate surface area is 74.5 Å². The molecule has 0 saturated heterocycles. The van der Waals surface area contributed by atoms with E-state index in [9.17, 15) is 0 Å². The van der Waals surface area contributed by atoms with Gasteiger partial charge in [-0.2, -0.15) is 5.10 Å². The Bertz CT molecular complexity index is 410. The molecule has 2 rings (SSSR count). The minimum Gasteiger partial charge on any atom is -0.495 e. The predicted octanol–water partition coefficient (Wildman–Crippen LogP) is 2.00. The first-order chi connectivity index (χ1) is 5.83. The van der Waals surface area contributed by atoms with Crippen LogP contribution in [0.3, 0.4) is 0 Å². The number of methoxy groups -OCH3 is 1. The molecule has 0 radical (unpaired) electrons. The molecule has 12 heavy (non-hydrogen) atoms. The molecule has 0 aromatic carbocycles. The zero-order valence-corrected chi connectivity index (χ0v) is 7.25. The van der Waals surface area contributed by atoms with Gasteiger partial charge < -0.3 is 4.74 Å². The van der Waals surface area contributed by atoms with Crippen molar-refractivity contribution in [3.8, 4) is 5.75 Å². The van der Waals surface area contributed by atoms with Crippen LogP contribution in [0.25, 0.3) is 5.52 Å². The molecule has 0 aliphatic rings. The average molecular weight is 183 g/mol. The molecule has 0 atom stereocenters. The number of halogens is 1. The van der Waals surface area contributed by atoms with Crippen LogP contribution in [0, 0.1) is 0 Å². The van der Waals surface area contributed by atoms with Crippen LogP contribution in [0.4, 0.5) is 0 Å². The van der Waals surface area contributed by atoms with Crippen molar-refractivity contribution < 1.29 is 4.74 Å². The van der Waals surface area contributed by atoms with Crippen LogP contribution in [0.15, 0.2) is 24.5 Å². The summed E-state index contributed by atoms with van der Waals surface area (Å²) in [6.07, 6.45) is 3.50. The van der Waals surface area contributed by atoms with Crippen LogP contribution in [0.5, 0.6) is 5.75 Å². The van der Waals surface area contributed by atoms with Gasteiger partial charge in [0, 0.05) is 12.3 Å². The van der Waals surface area contributed by atoms with Crippen LogP contribution in [-0.4, -0.2) is 16.7 Å². The number of pyridine rings is 1. The molecule has 0 amide bonds. The number of hydrogen-bond donors (Lipinski definition) is 0. The Morgan fingerprint density at radius 3 is 3.08 bits per heavy atom. The summed E-state index contributed by atoms with van der Waals surface area (Å²) in [6, 6.07) is 3.62. The van der Waals surface area contributed by atoms with E-state index in [0.29, 0.717) is 10.8 Å². The Morgan fingerprint density at radius 1 is 1.50 bits per heavy atom. The fourth-order valence-electron chi connectivity index (χ4n) is 1.10. The van der Waals surface area contributed by atoms with Gasteiger partial charge in [-0.25, -0.2) is 4.52 Å².